The van der Waals surface area contributed by atoms with Gasteiger partial charge in [0.2, 0.25) is 0 Å². The van der Waals surface area contributed by atoms with Crippen LogP contribution in [0.5, 0.6) is 5.75 Å². The molecule has 2 aromatic rings. The standard InChI is InChI=1S/C17H19BrFN3O2/c1-24-8-7-20-17(22-14-3-2-4-15(23)10-14)21-11-12-9-13(18)5-6-16(12)19/h2-6,9-10,23H,7-8,11H2,1H3,(H2,20,21,22). The van der Waals surface area contributed by atoms with Crippen molar-refractivity contribution in [3.8, 4) is 5.75 Å². The third-order valence-corrected chi connectivity index (χ3v) is 3.62. The monoisotopic (exact) mass is 395 g/mol. The molecule has 128 valence electrons. The van der Waals surface area contributed by atoms with Gasteiger partial charge in [-0.25, -0.2) is 9.38 Å². The van der Waals surface area contributed by atoms with Crippen molar-refractivity contribution >= 4 is 27.6 Å². The van der Waals surface area contributed by atoms with E-state index in [1.54, 1.807) is 43.5 Å². The first-order chi connectivity index (χ1) is 11.6. The van der Waals surface area contributed by atoms with Gasteiger partial charge < -0.3 is 20.5 Å². The first-order valence-electron chi connectivity index (χ1n) is 7.35. The number of methoxy groups -OCH3 is 1. The maximum atomic E-state index is 13.8. The minimum atomic E-state index is -0.310. The highest BCUT2D eigenvalue weighted by Gasteiger charge is 2.05. The number of hydrogen-bond acceptors (Lipinski definition) is 3. The molecule has 0 aromatic heterocycles. The molecule has 0 aliphatic rings. The van der Waals surface area contributed by atoms with Crippen LogP contribution in [0.4, 0.5) is 10.1 Å². The molecule has 0 fully saturated rings. The van der Waals surface area contributed by atoms with Gasteiger partial charge in [-0.2, -0.15) is 0 Å². The Morgan fingerprint density at radius 3 is 2.88 bits per heavy atom. The second-order valence-electron chi connectivity index (χ2n) is 5.00. The average molecular weight is 396 g/mol. The molecule has 2 rings (SSSR count). The number of ether oxygens (including phenoxy) is 1. The van der Waals surface area contributed by atoms with Crippen LogP contribution in [0.2, 0.25) is 0 Å². The highest BCUT2D eigenvalue weighted by Crippen LogP contribution is 2.17. The van der Waals surface area contributed by atoms with E-state index in [1.807, 2.05) is 0 Å². The minimum Gasteiger partial charge on any atom is -0.508 e. The molecule has 3 N–H and O–H groups in total. The molecule has 0 spiro atoms. The Hall–Kier alpha value is -2.12. The third kappa shape index (κ3) is 5.82. The Labute approximate surface area is 148 Å². The summed E-state index contributed by atoms with van der Waals surface area (Å²) in [6.45, 7) is 1.22. The molecule has 0 saturated carbocycles. The Morgan fingerprint density at radius 2 is 2.12 bits per heavy atom. The molecule has 0 aliphatic carbocycles. The molecule has 0 unspecified atom stereocenters. The van der Waals surface area contributed by atoms with Gasteiger partial charge in [0.1, 0.15) is 11.6 Å². The van der Waals surface area contributed by atoms with E-state index in [0.29, 0.717) is 30.4 Å². The maximum Gasteiger partial charge on any atom is 0.196 e. The highest BCUT2D eigenvalue weighted by atomic mass is 79.9. The fourth-order valence-electron chi connectivity index (χ4n) is 1.96. The molecule has 5 nitrogen and oxygen atoms in total. The van der Waals surface area contributed by atoms with Gasteiger partial charge in [-0.15, -0.1) is 0 Å². The van der Waals surface area contributed by atoms with Gasteiger partial charge in [-0.3, -0.25) is 0 Å². The lowest BCUT2D eigenvalue weighted by molar-refractivity contribution is 0.204. The van der Waals surface area contributed by atoms with Crippen molar-refractivity contribution in [2.24, 2.45) is 4.99 Å². The van der Waals surface area contributed by atoms with E-state index in [-0.39, 0.29) is 18.1 Å². The normalized spacial score (nSPS) is 11.4. The molecular formula is C17H19BrFN3O2. The largest absolute Gasteiger partial charge is 0.508 e. The SMILES string of the molecule is COCCNC(=NCc1cc(Br)ccc1F)Nc1cccc(O)c1. The van der Waals surface area contributed by atoms with Gasteiger partial charge in [0.15, 0.2) is 5.96 Å². The zero-order chi connectivity index (χ0) is 17.4. The number of benzene rings is 2. The number of nitrogens with one attached hydrogen (secondary N) is 2. The van der Waals surface area contributed by atoms with Crippen LogP contribution in [0.3, 0.4) is 0 Å². The van der Waals surface area contributed by atoms with Gasteiger partial charge in [0.25, 0.3) is 0 Å². The number of halogens is 2. The number of rotatable bonds is 6. The summed E-state index contributed by atoms with van der Waals surface area (Å²) in [5.74, 6) is 0.307. The van der Waals surface area contributed by atoms with Gasteiger partial charge in [0, 0.05) is 35.4 Å². The molecule has 0 aliphatic heterocycles. The smallest absolute Gasteiger partial charge is 0.196 e. The van der Waals surface area contributed by atoms with Crippen molar-refractivity contribution < 1.29 is 14.2 Å². The first kappa shape index (κ1) is 18.2. The number of phenols is 1. The summed E-state index contributed by atoms with van der Waals surface area (Å²) >= 11 is 3.33. The van der Waals surface area contributed by atoms with Gasteiger partial charge in [-0.05, 0) is 30.3 Å². The third-order valence-electron chi connectivity index (χ3n) is 3.12. The summed E-state index contributed by atoms with van der Waals surface area (Å²) in [5, 5.41) is 15.7. The van der Waals surface area contributed by atoms with E-state index in [1.165, 1.54) is 6.07 Å². The quantitative estimate of drug-likeness (QED) is 0.397. The lowest BCUT2D eigenvalue weighted by Crippen LogP contribution is -2.33. The second kappa shape index (κ2) is 9.24. The van der Waals surface area contributed by atoms with E-state index in [9.17, 15) is 9.50 Å². The Morgan fingerprint density at radius 1 is 1.29 bits per heavy atom. The lowest BCUT2D eigenvalue weighted by Gasteiger charge is -2.13. The topological polar surface area (TPSA) is 65.9 Å². The summed E-state index contributed by atoms with van der Waals surface area (Å²) in [4.78, 5) is 4.39. The molecule has 0 amide bonds. The highest BCUT2D eigenvalue weighted by molar-refractivity contribution is 9.10. The summed E-state index contributed by atoms with van der Waals surface area (Å²) in [6.07, 6.45) is 0. The van der Waals surface area contributed by atoms with E-state index in [0.717, 1.165) is 4.47 Å². The maximum absolute atomic E-state index is 13.8. The Kier molecular flexibility index (Phi) is 7.02. The van der Waals surface area contributed by atoms with E-state index in [4.69, 9.17) is 4.74 Å². The van der Waals surface area contributed by atoms with Crippen LogP contribution < -0.4 is 10.6 Å². The molecule has 0 atom stereocenters. The Balaban J connectivity index is 2.13. The van der Waals surface area contributed by atoms with Crippen molar-refractivity contribution in [2.45, 2.75) is 6.54 Å². The molecule has 0 radical (unpaired) electrons. The molecule has 0 heterocycles. The van der Waals surface area contributed by atoms with Crippen molar-refractivity contribution in [1.29, 1.82) is 0 Å². The molecule has 7 heteroatoms. The summed E-state index contributed by atoms with van der Waals surface area (Å²) in [6, 6.07) is 11.4. The molecule has 24 heavy (non-hydrogen) atoms. The van der Waals surface area contributed by atoms with E-state index in [2.05, 4.69) is 31.6 Å². The summed E-state index contributed by atoms with van der Waals surface area (Å²) < 4.78 is 19.6. The number of aromatic hydroxyl groups is 1. The van der Waals surface area contributed by atoms with Crippen LogP contribution in [0, 0.1) is 5.82 Å². The number of anilines is 1. The van der Waals surface area contributed by atoms with Crippen LogP contribution in [0.25, 0.3) is 0 Å². The van der Waals surface area contributed by atoms with Crippen molar-refractivity contribution in [2.75, 3.05) is 25.6 Å². The van der Waals surface area contributed by atoms with Gasteiger partial charge >= 0.3 is 0 Å². The van der Waals surface area contributed by atoms with Gasteiger partial charge in [0.05, 0.1) is 13.2 Å². The zero-order valence-corrected chi connectivity index (χ0v) is 14.8. The predicted octanol–water partition coefficient (Wildman–Crippen LogP) is 3.50. The van der Waals surface area contributed by atoms with Gasteiger partial charge in [-0.1, -0.05) is 22.0 Å². The number of guanidine groups is 1. The Bertz CT molecular complexity index is 710. The van der Waals surface area contributed by atoms with Crippen molar-refractivity contribution in [3.05, 3.63) is 58.3 Å². The van der Waals surface area contributed by atoms with E-state index < -0.39 is 0 Å². The molecular weight excluding hydrogens is 377 g/mol. The summed E-state index contributed by atoms with van der Waals surface area (Å²) in [7, 11) is 1.61. The van der Waals surface area contributed by atoms with Crippen LogP contribution in [0.15, 0.2) is 51.9 Å². The number of phenolic OH excluding ortho intramolecular Hbond substituents is 1. The lowest BCUT2D eigenvalue weighted by atomic mass is 10.2. The fraction of sp³-hybridized carbons (Fsp3) is 0.235. The van der Waals surface area contributed by atoms with Crippen LogP contribution in [0.1, 0.15) is 5.56 Å². The second-order valence-corrected chi connectivity index (χ2v) is 5.91. The van der Waals surface area contributed by atoms with Crippen LogP contribution in [-0.2, 0) is 11.3 Å². The predicted molar refractivity (Wildman–Crippen MR) is 96.8 cm³/mol. The zero-order valence-electron chi connectivity index (χ0n) is 13.2. The molecule has 2 aromatic carbocycles. The van der Waals surface area contributed by atoms with Crippen LogP contribution >= 0.6 is 15.9 Å². The molecule has 0 bridgehead atoms. The number of aliphatic imine (C=N–C) groups is 1. The molecule has 0 saturated heterocycles. The minimum absolute atomic E-state index is 0.147. The number of nitrogens with zero attached hydrogens (tertiary/aromatic N) is 1. The van der Waals surface area contributed by atoms with Crippen LogP contribution in [-0.4, -0.2) is 31.3 Å². The fourth-order valence-corrected chi connectivity index (χ4v) is 2.37. The summed E-state index contributed by atoms with van der Waals surface area (Å²) in [5.41, 5.74) is 1.15. The van der Waals surface area contributed by atoms with Crippen molar-refractivity contribution in [3.63, 3.8) is 0 Å². The average Bonchev–Trinajstić information content (AvgIpc) is 2.55. The first-order valence-corrected chi connectivity index (χ1v) is 8.15. The van der Waals surface area contributed by atoms with Crippen molar-refractivity contribution in [1.82, 2.24) is 5.32 Å². The number of hydrogen-bond donors (Lipinski definition) is 3. The van der Waals surface area contributed by atoms with E-state index >= 15 is 0 Å².